The maximum Gasteiger partial charge on any atom is 0.493 e. The van der Waals surface area contributed by atoms with Crippen molar-refractivity contribution in [1.29, 1.82) is 0 Å². The second kappa shape index (κ2) is 37.0. The van der Waals surface area contributed by atoms with E-state index in [4.69, 9.17) is 30.4 Å². The number of hydrogen-bond donors (Lipinski definition) is 0. The standard InChI is InChI=1S/C43H97N3O7Si3/c1-12-23-32-44(33-24-13-2)38-29-41-54(47-18-7,48-19-8)52-56(51-22-11,43-31-40-46(36-27-16-5)37-28-17-6)53-55(49-20-9,50-21-10)42-30-39-45(34-25-14-3)35-26-15-4/h12-43H2,1-11H3. The maximum atomic E-state index is 7.53. The molecule has 0 saturated carbocycles. The number of nitrogens with zero attached hydrogens (tertiary/aromatic N) is 3. The van der Waals surface area contributed by atoms with E-state index in [1.165, 1.54) is 77.0 Å². The predicted molar refractivity (Wildman–Crippen MR) is 245 cm³/mol. The van der Waals surface area contributed by atoms with Crippen LogP contribution in [0.25, 0.3) is 0 Å². The van der Waals surface area contributed by atoms with Gasteiger partial charge in [-0.2, -0.15) is 0 Å². The van der Waals surface area contributed by atoms with E-state index in [2.05, 4.69) is 90.9 Å². The Kier molecular flexibility index (Phi) is 37.2. The van der Waals surface area contributed by atoms with Crippen LogP contribution in [0.1, 0.15) is 172 Å². The fourth-order valence-corrected chi connectivity index (χ4v) is 19.5. The van der Waals surface area contributed by atoms with Crippen molar-refractivity contribution in [1.82, 2.24) is 14.7 Å². The Bertz CT molecular complexity index is 771. The highest BCUT2D eigenvalue weighted by Crippen LogP contribution is 2.33. The molecule has 56 heavy (non-hydrogen) atoms. The number of unbranched alkanes of at least 4 members (excludes halogenated alkanes) is 6. The van der Waals surface area contributed by atoms with Gasteiger partial charge in [0.1, 0.15) is 0 Å². The normalized spacial score (nSPS) is 13.0. The summed E-state index contributed by atoms with van der Waals surface area (Å²) in [6.45, 7) is 36.3. The van der Waals surface area contributed by atoms with E-state index in [1.54, 1.807) is 0 Å². The van der Waals surface area contributed by atoms with Crippen molar-refractivity contribution in [3.8, 4) is 0 Å². The van der Waals surface area contributed by atoms with Gasteiger partial charge in [0.25, 0.3) is 0 Å². The van der Waals surface area contributed by atoms with Crippen molar-refractivity contribution in [2.45, 2.75) is 191 Å². The van der Waals surface area contributed by atoms with Gasteiger partial charge in [0.2, 0.25) is 0 Å². The fourth-order valence-electron chi connectivity index (χ4n) is 7.27. The zero-order chi connectivity index (χ0) is 41.8. The molecule has 0 heterocycles. The molecule has 0 aromatic rings. The molecule has 10 nitrogen and oxygen atoms in total. The molecule has 0 aromatic carbocycles. The van der Waals surface area contributed by atoms with E-state index in [1.807, 2.05) is 0 Å². The Morgan fingerprint density at radius 1 is 0.268 bits per heavy atom. The molecule has 0 amide bonds. The summed E-state index contributed by atoms with van der Waals surface area (Å²) in [5.41, 5.74) is 0. The molecule has 0 atom stereocenters. The second-order valence-corrected chi connectivity index (χ2v) is 24.0. The van der Waals surface area contributed by atoms with Gasteiger partial charge in [-0.15, -0.1) is 0 Å². The summed E-state index contributed by atoms with van der Waals surface area (Å²) in [5, 5.41) is 0. The van der Waals surface area contributed by atoms with Crippen LogP contribution in [0.2, 0.25) is 18.1 Å². The van der Waals surface area contributed by atoms with Crippen LogP contribution in [0, 0.1) is 0 Å². The van der Waals surface area contributed by atoms with Crippen LogP contribution in [-0.4, -0.2) is 133 Å². The summed E-state index contributed by atoms with van der Waals surface area (Å²) in [4.78, 5) is 7.88. The molecule has 13 heteroatoms. The lowest BCUT2D eigenvalue weighted by Gasteiger charge is -2.43. The predicted octanol–water partition coefficient (Wildman–Crippen LogP) is 10.9. The molecule has 0 bridgehead atoms. The zero-order valence-corrected chi connectivity index (χ0v) is 42.3. The quantitative estimate of drug-likeness (QED) is 0.0553. The third kappa shape index (κ3) is 25.8. The molecule has 0 radical (unpaired) electrons. The Labute approximate surface area is 352 Å². The monoisotopic (exact) mass is 852 g/mol. The highest BCUT2D eigenvalue weighted by molar-refractivity contribution is 6.81. The van der Waals surface area contributed by atoms with Gasteiger partial charge < -0.3 is 45.1 Å². The molecule has 0 rings (SSSR count). The van der Waals surface area contributed by atoms with E-state index in [0.717, 1.165) is 90.3 Å². The van der Waals surface area contributed by atoms with Crippen molar-refractivity contribution in [3.63, 3.8) is 0 Å². The molecular weight excluding hydrogens is 755 g/mol. The van der Waals surface area contributed by atoms with Gasteiger partial charge in [0.05, 0.1) is 0 Å². The number of rotatable bonds is 44. The smallest absolute Gasteiger partial charge is 0.375 e. The molecular formula is C43H97N3O7Si3. The van der Waals surface area contributed by atoms with E-state index in [-0.39, 0.29) is 0 Å². The number of hydrogen-bond acceptors (Lipinski definition) is 10. The lowest BCUT2D eigenvalue weighted by molar-refractivity contribution is 0.0382. The molecule has 0 spiro atoms. The lowest BCUT2D eigenvalue weighted by atomic mass is 10.2. The second-order valence-electron chi connectivity index (χ2n) is 15.4. The summed E-state index contributed by atoms with van der Waals surface area (Å²) < 4.78 is 49.0. The third-order valence-electron chi connectivity index (χ3n) is 10.3. The average molecular weight is 853 g/mol. The Hall–Kier alpha value is 0.251. The lowest BCUT2D eigenvalue weighted by Crippen LogP contribution is -2.64. The van der Waals surface area contributed by atoms with E-state index in [0.29, 0.717) is 39.1 Å². The minimum absolute atomic E-state index is 0.483. The van der Waals surface area contributed by atoms with E-state index >= 15 is 0 Å². The first-order valence-corrected chi connectivity index (χ1v) is 29.8. The van der Waals surface area contributed by atoms with Crippen LogP contribution < -0.4 is 0 Å². The van der Waals surface area contributed by atoms with Crippen LogP contribution in [0.5, 0.6) is 0 Å². The van der Waals surface area contributed by atoms with E-state index in [9.17, 15) is 0 Å². The summed E-state index contributed by atoms with van der Waals surface area (Å²) in [5.74, 6) is 0. The molecule has 338 valence electrons. The van der Waals surface area contributed by atoms with Gasteiger partial charge in [0.15, 0.2) is 0 Å². The van der Waals surface area contributed by atoms with Crippen molar-refractivity contribution in [2.24, 2.45) is 0 Å². The first-order valence-electron chi connectivity index (χ1n) is 24.0. The summed E-state index contributed by atoms with van der Waals surface area (Å²) in [6.07, 6.45) is 17.3. The minimum Gasteiger partial charge on any atom is -0.375 e. The van der Waals surface area contributed by atoms with Crippen LogP contribution in [0.15, 0.2) is 0 Å². The average Bonchev–Trinajstić information content (AvgIpc) is 3.17. The topological polar surface area (TPSA) is 74.3 Å². The molecule has 0 aliphatic carbocycles. The SMILES string of the molecule is CCCCN(CCCC)CCC[Si](OCC)(OCC)O[Si](CCCN(CCCC)CCCC)(OCC)O[Si](CCCN(CCCC)CCCC)(OCC)OCC. The van der Waals surface area contributed by atoms with Gasteiger partial charge in [-0.1, -0.05) is 80.1 Å². The molecule has 0 aliphatic rings. The van der Waals surface area contributed by atoms with Crippen molar-refractivity contribution in [2.75, 3.05) is 91.9 Å². The third-order valence-corrected chi connectivity index (χ3v) is 21.8. The van der Waals surface area contributed by atoms with Crippen molar-refractivity contribution in [3.05, 3.63) is 0 Å². The van der Waals surface area contributed by atoms with Crippen LogP contribution in [-0.2, 0) is 30.4 Å². The highest BCUT2D eigenvalue weighted by atomic mass is 28.5. The summed E-state index contributed by atoms with van der Waals surface area (Å²) in [6, 6.07) is 2.14. The Morgan fingerprint density at radius 2 is 0.464 bits per heavy atom. The Morgan fingerprint density at radius 3 is 0.679 bits per heavy atom. The van der Waals surface area contributed by atoms with Gasteiger partial charge >= 0.3 is 26.4 Å². The summed E-state index contributed by atoms with van der Waals surface area (Å²) in [7, 11) is -10.0. The van der Waals surface area contributed by atoms with E-state index < -0.39 is 26.4 Å². The van der Waals surface area contributed by atoms with Gasteiger partial charge in [-0.25, -0.2) is 0 Å². The molecule has 0 aromatic heterocycles. The van der Waals surface area contributed by atoms with Crippen LogP contribution in [0.4, 0.5) is 0 Å². The van der Waals surface area contributed by atoms with Gasteiger partial charge in [-0.3, -0.25) is 0 Å². The molecule has 0 N–H and O–H groups in total. The first kappa shape index (κ1) is 56.3. The zero-order valence-electron chi connectivity index (χ0n) is 39.3. The van der Waals surface area contributed by atoms with Crippen LogP contribution >= 0.6 is 0 Å². The fraction of sp³-hybridized carbons (Fsp3) is 1.00. The van der Waals surface area contributed by atoms with Crippen molar-refractivity contribution >= 4 is 26.4 Å². The molecule has 0 saturated heterocycles. The summed E-state index contributed by atoms with van der Waals surface area (Å²) >= 11 is 0. The van der Waals surface area contributed by atoms with Crippen LogP contribution in [0.3, 0.4) is 0 Å². The van der Waals surface area contributed by atoms with Gasteiger partial charge in [0, 0.05) is 51.2 Å². The maximum absolute atomic E-state index is 7.53. The Balaban J connectivity index is 6.96. The molecule has 0 unspecified atom stereocenters. The minimum atomic E-state index is -3.51. The van der Waals surface area contributed by atoms with Crippen molar-refractivity contribution < 1.29 is 30.4 Å². The van der Waals surface area contributed by atoms with Gasteiger partial charge in [-0.05, 0) is 151 Å². The molecule has 0 fully saturated rings. The first-order chi connectivity index (χ1) is 27.2. The highest BCUT2D eigenvalue weighted by Gasteiger charge is 2.58. The molecule has 0 aliphatic heterocycles. The largest absolute Gasteiger partial charge is 0.493 e.